The fourth-order valence-corrected chi connectivity index (χ4v) is 3.80. The van der Waals surface area contributed by atoms with Crippen LogP contribution in [-0.2, 0) is 4.79 Å². The van der Waals surface area contributed by atoms with Gasteiger partial charge in [-0.25, -0.2) is 0 Å². The van der Waals surface area contributed by atoms with E-state index < -0.39 is 17.3 Å². The second-order valence-electron chi connectivity index (χ2n) is 7.30. The number of amides is 1. The van der Waals surface area contributed by atoms with Gasteiger partial charge in [0.15, 0.2) is 5.75 Å². The number of carbonyl (C=O) groups is 1. The van der Waals surface area contributed by atoms with Crippen molar-refractivity contribution in [3.05, 3.63) is 33.9 Å². The fraction of sp³-hybridized carbons (Fsp3) is 0.650. The zero-order valence-electron chi connectivity index (χ0n) is 16.5. The van der Waals surface area contributed by atoms with Gasteiger partial charge in [-0.1, -0.05) is 25.3 Å². The van der Waals surface area contributed by atoms with E-state index in [2.05, 4.69) is 0 Å². The molecule has 1 fully saturated rings. The van der Waals surface area contributed by atoms with Crippen LogP contribution in [0.4, 0.5) is 5.69 Å². The van der Waals surface area contributed by atoms with Gasteiger partial charge in [0.05, 0.1) is 23.2 Å². The van der Waals surface area contributed by atoms with Crippen molar-refractivity contribution < 1.29 is 24.7 Å². The van der Waals surface area contributed by atoms with Crippen molar-refractivity contribution in [2.24, 2.45) is 0 Å². The zero-order valence-corrected chi connectivity index (χ0v) is 16.5. The molecular weight excluding hydrogens is 364 g/mol. The molecule has 1 aromatic carbocycles. The Kier molecular flexibility index (Phi) is 8.19. The maximum atomic E-state index is 12.6. The summed E-state index contributed by atoms with van der Waals surface area (Å²) in [6.07, 6.45) is 3.87. The normalized spacial score (nSPS) is 17.0. The first kappa shape index (κ1) is 22.1. The van der Waals surface area contributed by atoms with Crippen LogP contribution in [-0.4, -0.2) is 44.8 Å². The molecule has 0 aliphatic heterocycles. The Balaban J connectivity index is 1.93. The van der Waals surface area contributed by atoms with Gasteiger partial charge in [0.25, 0.3) is 0 Å². The van der Waals surface area contributed by atoms with Gasteiger partial charge in [0.2, 0.25) is 5.91 Å². The Morgan fingerprint density at radius 1 is 1.29 bits per heavy atom. The smallest absolute Gasteiger partial charge is 0.316 e. The third-order valence-corrected chi connectivity index (χ3v) is 5.11. The second-order valence-corrected chi connectivity index (χ2v) is 7.30. The number of hydrogen-bond donors (Lipinski definition) is 2. The summed E-state index contributed by atoms with van der Waals surface area (Å²) >= 11 is 0. The molecular formula is C20H30N2O6. The molecule has 2 N–H and O–H groups in total. The van der Waals surface area contributed by atoms with E-state index in [1.165, 1.54) is 19.1 Å². The number of benzene rings is 1. The van der Waals surface area contributed by atoms with E-state index >= 15 is 0 Å². The summed E-state index contributed by atoms with van der Waals surface area (Å²) < 4.78 is 5.54. The average molecular weight is 394 g/mol. The molecule has 2 unspecified atom stereocenters. The minimum absolute atomic E-state index is 0.0750. The molecule has 1 aromatic rings. The molecule has 156 valence electrons. The SMILES string of the molecule is CC(O)c1cccc(OCCCC(=O)N(C(C)O)C2CCCCC2)c1[N+](=O)[O-]. The molecule has 0 bridgehead atoms. The lowest BCUT2D eigenvalue weighted by Gasteiger charge is -2.36. The number of para-hydroxylation sites is 1. The number of nitro benzene ring substituents is 1. The van der Waals surface area contributed by atoms with E-state index in [1.807, 2.05) is 0 Å². The first-order valence-corrected chi connectivity index (χ1v) is 9.90. The molecule has 8 nitrogen and oxygen atoms in total. The standard InChI is InChI=1S/C20H30N2O6/c1-14(23)17-10-6-11-18(20(17)22(26)27)28-13-7-12-19(25)21(15(2)24)16-8-4-3-5-9-16/h6,10-11,14-16,23-24H,3-5,7-9,12-13H2,1-2H3. The van der Waals surface area contributed by atoms with Gasteiger partial charge in [-0.2, -0.15) is 0 Å². The van der Waals surface area contributed by atoms with Crippen LogP contribution in [0.2, 0.25) is 0 Å². The van der Waals surface area contributed by atoms with Crippen molar-refractivity contribution in [1.82, 2.24) is 4.90 Å². The van der Waals surface area contributed by atoms with Crippen LogP contribution >= 0.6 is 0 Å². The highest BCUT2D eigenvalue weighted by Crippen LogP contribution is 2.34. The van der Waals surface area contributed by atoms with Gasteiger partial charge in [-0.05, 0) is 45.2 Å². The zero-order chi connectivity index (χ0) is 20.7. The molecule has 2 rings (SSSR count). The molecule has 2 atom stereocenters. The summed E-state index contributed by atoms with van der Waals surface area (Å²) in [5, 5.41) is 31.1. The average Bonchev–Trinajstić information content (AvgIpc) is 2.65. The van der Waals surface area contributed by atoms with Crippen molar-refractivity contribution in [3.63, 3.8) is 0 Å². The van der Waals surface area contributed by atoms with Crippen LogP contribution in [0.15, 0.2) is 18.2 Å². The highest BCUT2D eigenvalue weighted by atomic mass is 16.6. The quantitative estimate of drug-likeness (QED) is 0.287. The summed E-state index contributed by atoms with van der Waals surface area (Å²) in [5.41, 5.74) is -0.0622. The first-order chi connectivity index (χ1) is 13.3. The Hall–Kier alpha value is -2.19. The summed E-state index contributed by atoms with van der Waals surface area (Å²) in [4.78, 5) is 24.9. The number of nitro groups is 1. The number of nitrogens with zero attached hydrogens (tertiary/aromatic N) is 2. The lowest BCUT2D eigenvalue weighted by atomic mass is 9.93. The predicted molar refractivity (Wildman–Crippen MR) is 104 cm³/mol. The van der Waals surface area contributed by atoms with Crippen LogP contribution in [0.3, 0.4) is 0 Å². The molecule has 0 aromatic heterocycles. The third-order valence-electron chi connectivity index (χ3n) is 5.11. The van der Waals surface area contributed by atoms with Crippen molar-refractivity contribution in [3.8, 4) is 5.75 Å². The lowest BCUT2D eigenvalue weighted by molar-refractivity contribution is -0.387. The van der Waals surface area contributed by atoms with E-state index in [-0.39, 0.29) is 42.0 Å². The Labute approximate surface area is 165 Å². The van der Waals surface area contributed by atoms with Crippen molar-refractivity contribution >= 4 is 11.6 Å². The van der Waals surface area contributed by atoms with Crippen LogP contribution in [0.25, 0.3) is 0 Å². The molecule has 1 saturated carbocycles. The van der Waals surface area contributed by atoms with E-state index in [0.29, 0.717) is 6.42 Å². The van der Waals surface area contributed by atoms with E-state index in [9.17, 15) is 25.1 Å². The lowest BCUT2D eigenvalue weighted by Crippen LogP contribution is -2.46. The molecule has 8 heteroatoms. The molecule has 0 heterocycles. The summed E-state index contributed by atoms with van der Waals surface area (Å²) in [5.74, 6) is -0.0479. The number of aliphatic hydroxyl groups is 2. The number of ether oxygens (including phenoxy) is 1. The van der Waals surface area contributed by atoms with Crippen molar-refractivity contribution in [2.45, 2.75) is 77.2 Å². The molecule has 0 spiro atoms. The van der Waals surface area contributed by atoms with Gasteiger partial charge >= 0.3 is 5.69 Å². The van der Waals surface area contributed by atoms with Crippen molar-refractivity contribution in [2.75, 3.05) is 6.61 Å². The van der Waals surface area contributed by atoms with Gasteiger partial charge in [-0.3, -0.25) is 14.9 Å². The molecule has 1 aliphatic rings. The molecule has 1 aliphatic carbocycles. The first-order valence-electron chi connectivity index (χ1n) is 9.90. The number of rotatable bonds is 9. The topological polar surface area (TPSA) is 113 Å². The van der Waals surface area contributed by atoms with E-state index in [0.717, 1.165) is 32.1 Å². The Bertz CT molecular complexity index is 671. The van der Waals surface area contributed by atoms with Crippen molar-refractivity contribution in [1.29, 1.82) is 0 Å². The number of carbonyl (C=O) groups excluding carboxylic acids is 1. The highest BCUT2D eigenvalue weighted by Gasteiger charge is 2.28. The third kappa shape index (κ3) is 5.65. The summed E-state index contributed by atoms with van der Waals surface area (Å²) in [7, 11) is 0. The number of hydrogen-bond acceptors (Lipinski definition) is 6. The monoisotopic (exact) mass is 394 g/mol. The second kappa shape index (κ2) is 10.4. The summed E-state index contributed by atoms with van der Waals surface area (Å²) in [6, 6.07) is 4.64. The molecule has 1 amide bonds. The van der Waals surface area contributed by atoms with Crippen LogP contribution in [0.1, 0.15) is 70.5 Å². The Morgan fingerprint density at radius 2 is 1.96 bits per heavy atom. The highest BCUT2D eigenvalue weighted by molar-refractivity contribution is 5.76. The Morgan fingerprint density at radius 3 is 2.54 bits per heavy atom. The largest absolute Gasteiger partial charge is 0.487 e. The maximum Gasteiger partial charge on any atom is 0.316 e. The maximum absolute atomic E-state index is 12.6. The molecule has 0 radical (unpaired) electrons. The van der Waals surface area contributed by atoms with E-state index in [4.69, 9.17) is 4.74 Å². The fourth-order valence-electron chi connectivity index (χ4n) is 3.80. The van der Waals surface area contributed by atoms with Crippen LogP contribution in [0, 0.1) is 10.1 Å². The van der Waals surface area contributed by atoms with E-state index in [1.54, 1.807) is 17.9 Å². The van der Waals surface area contributed by atoms with Crippen LogP contribution < -0.4 is 4.74 Å². The molecule has 28 heavy (non-hydrogen) atoms. The van der Waals surface area contributed by atoms with Gasteiger partial charge in [0, 0.05) is 12.5 Å². The van der Waals surface area contributed by atoms with Gasteiger partial charge < -0.3 is 19.8 Å². The summed E-state index contributed by atoms with van der Waals surface area (Å²) in [6.45, 7) is 3.20. The van der Waals surface area contributed by atoms with Gasteiger partial charge in [0.1, 0.15) is 6.23 Å². The van der Waals surface area contributed by atoms with Crippen LogP contribution in [0.5, 0.6) is 5.75 Å². The van der Waals surface area contributed by atoms with Gasteiger partial charge in [-0.15, -0.1) is 0 Å². The number of aliphatic hydroxyl groups excluding tert-OH is 2. The minimum atomic E-state index is -0.986. The molecule has 0 saturated heterocycles. The predicted octanol–water partition coefficient (Wildman–Crippen LogP) is 3.31. The minimum Gasteiger partial charge on any atom is -0.487 e.